The minimum atomic E-state index is -0.106. The molecule has 1 aliphatic rings. The number of para-hydroxylation sites is 1. The highest BCUT2D eigenvalue weighted by atomic mass is 32.1. The first-order chi connectivity index (χ1) is 14.0. The summed E-state index contributed by atoms with van der Waals surface area (Å²) in [5.74, 6) is -0.124. The van der Waals surface area contributed by atoms with E-state index in [1.54, 1.807) is 28.4 Å². The van der Waals surface area contributed by atoms with Crippen molar-refractivity contribution in [1.29, 1.82) is 0 Å². The maximum absolute atomic E-state index is 12.7. The van der Waals surface area contributed by atoms with Gasteiger partial charge in [-0.05, 0) is 48.6 Å². The second kappa shape index (κ2) is 8.31. The van der Waals surface area contributed by atoms with Crippen LogP contribution < -0.4 is 4.90 Å². The highest BCUT2D eigenvalue weighted by Crippen LogP contribution is 2.33. The number of nitrogens with zero attached hydrogens (tertiary/aromatic N) is 3. The molecule has 0 spiro atoms. The Hall–Kier alpha value is -2.77. The van der Waals surface area contributed by atoms with Crippen molar-refractivity contribution < 1.29 is 9.59 Å². The predicted molar refractivity (Wildman–Crippen MR) is 119 cm³/mol. The first-order valence-electron chi connectivity index (χ1n) is 9.41. The number of thiophene rings is 1. The normalized spacial score (nSPS) is 16.1. The third kappa shape index (κ3) is 4.02. The van der Waals surface area contributed by atoms with E-state index in [1.165, 1.54) is 28.7 Å². The lowest BCUT2D eigenvalue weighted by Crippen LogP contribution is -2.37. The third-order valence-corrected chi connectivity index (χ3v) is 6.83. The van der Waals surface area contributed by atoms with Crippen LogP contribution in [0.4, 0.5) is 10.8 Å². The predicted octanol–water partition coefficient (Wildman–Crippen LogP) is 5.05. The number of benzene rings is 1. The molecule has 1 atom stereocenters. The van der Waals surface area contributed by atoms with Crippen molar-refractivity contribution in [2.24, 2.45) is 0 Å². The van der Waals surface area contributed by atoms with Crippen molar-refractivity contribution in [3.8, 4) is 0 Å². The zero-order valence-electron chi connectivity index (χ0n) is 16.2. The molecular weight excluding hydrogens is 402 g/mol. The van der Waals surface area contributed by atoms with Gasteiger partial charge < -0.3 is 4.90 Å². The van der Waals surface area contributed by atoms with Gasteiger partial charge in [0.2, 0.25) is 11.8 Å². The van der Waals surface area contributed by atoms with Crippen molar-refractivity contribution in [2.75, 3.05) is 11.4 Å². The molecule has 0 fully saturated rings. The Bertz CT molecular complexity index is 1050. The van der Waals surface area contributed by atoms with Gasteiger partial charge >= 0.3 is 0 Å². The molecule has 4 rings (SSSR count). The smallest absolute Gasteiger partial charge is 0.247 e. The molecule has 0 radical (unpaired) electrons. The summed E-state index contributed by atoms with van der Waals surface area (Å²) in [4.78, 5) is 34.3. The van der Waals surface area contributed by atoms with Crippen LogP contribution in [0, 0.1) is 0 Å². The molecule has 0 saturated carbocycles. The lowest BCUT2D eigenvalue weighted by atomic mass is 10.0. The van der Waals surface area contributed by atoms with E-state index in [9.17, 15) is 9.59 Å². The fourth-order valence-electron chi connectivity index (χ4n) is 3.52. The van der Waals surface area contributed by atoms with Crippen LogP contribution in [0.3, 0.4) is 0 Å². The zero-order chi connectivity index (χ0) is 20.4. The first-order valence-corrected chi connectivity index (χ1v) is 11.2. The van der Waals surface area contributed by atoms with Crippen LogP contribution in [-0.2, 0) is 16.0 Å². The lowest BCUT2D eigenvalue weighted by Gasteiger charge is -2.32. The van der Waals surface area contributed by atoms with Crippen LogP contribution >= 0.6 is 22.7 Å². The number of rotatable bonds is 4. The molecule has 0 saturated heterocycles. The lowest BCUT2D eigenvalue weighted by molar-refractivity contribution is -0.128. The van der Waals surface area contributed by atoms with E-state index < -0.39 is 0 Å². The molecular formula is C22H21N3O2S2. The van der Waals surface area contributed by atoms with E-state index in [1.807, 2.05) is 40.6 Å². The number of fused-ring (bicyclic) bond motifs is 1. The van der Waals surface area contributed by atoms with Gasteiger partial charge in [0.25, 0.3) is 0 Å². The molecule has 1 unspecified atom stereocenters. The number of thiazole rings is 1. The monoisotopic (exact) mass is 423 g/mol. The van der Waals surface area contributed by atoms with Crippen molar-refractivity contribution in [2.45, 2.75) is 26.3 Å². The highest BCUT2D eigenvalue weighted by Gasteiger charge is 2.27. The summed E-state index contributed by atoms with van der Waals surface area (Å²) in [6, 6.07) is 11.6. The van der Waals surface area contributed by atoms with Crippen LogP contribution in [0.5, 0.6) is 0 Å². The molecule has 7 heteroatoms. The molecule has 3 aromatic rings. The average molecular weight is 424 g/mol. The van der Waals surface area contributed by atoms with Gasteiger partial charge in [0.05, 0.1) is 17.4 Å². The summed E-state index contributed by atoms with van der Waals surface area (Å²) in [6.07, 6.45) is 4.21. The van der Waals surface area contributed by atoms with Gasteiger partial charge in [-0.1, -0.05) is 18.2 Å². The third-order valence-electron chi connectivity index (χ3n) is 4.99. The summed E-state index contributed by atoms with van der Waals surface area (Å²) in [7, 11) is 0. The molecule has 1 aliphatic heterocycles. The molecule has 0 N–H and O–H groups in total. The number of hydrogen-bond acceptors (Lipinski definition) is 5. The number of amides is 2. The van der Waals surface area contributed by atoms with Gasteiger partial charge in [-0.25, -0.2) is 4.98 Å². The largest absolute Gasteiger partial charge is 0.332 e. The molecule has 2 aromatic heterocycles. The van der Waals surface area contributed by atoms with Crippen LogP contribution in [0.1, 0.15) is 36.0 Å². The van der Waals surface area contributed by atoms with Gasteiger partial charge in [-0.2, -0.15) is 0 Å². The molecule has 0 aliphatic carbocycles. The Morgan fingerprint density at radius 2 is 2.00 bits per heavy atom. The summed E-state index contributed by atoms with van der Waals surface area (Å²) in [5.41, 5.74) is 2.69. The van der Waals surface area contributed by atoms with E-state index in [0.717, 1.165) is 18.7 Å². The first kappa shape index (κ1) is 19.5. The molecule has 2 amide bonds. The number of carbonyl (C=O) groups excluding carboxylic acids is 2. The van der Waals surface area contributed by atoms with E-state index in [-0.39, 0.29) is 17.9 Å². The van der Waals surface area contributed by atoms with Crippen molar-refractivity contribution in [3.63, 3.8) is 0 Å². The summed E-state index contributed by atoms with van der Waals surface area (Å²) < 4.78 is 0. The van der Waals surface area contributed by atoms with Crippen LogP contribution in [-0.4, -0.2) is 28.2 Å². The van der Waals surface area contributed by atoms with Crippen molar-refractivity contribution >= 4 is 51.4 Å². The number of aromatic nitrogens is 1. The fraction of sp³-hybridized carbons (Fsp3) is 0.227. The Morgan fingerprint density at radius 3 is 2.76 bits per heavy atom. The zero-order valence-corrected chi connectivity index (χ0v) is 17.9. The minimum absolute atomic E-state index is 0.0182. The quantitative estimate of drug-likeness (QED) is 0.552. The molecule has 148 valence electrons. The molecule has 29 heavy (non-hydrogen) atoms. The molecule has 5 nitrogen and oxygen atoms in total. The van der Waals surface area contributed by atoms with Gasteiger partial charge in [-0.3, -0.25) is 14.5 Å². The number of anilines is 2. The Kier molecular flexibility index (Phi) is 5.60. The second-order valence-electron chi connectivity index (χ2n) is 6.83. The highest BCUT2D eigenvalue weighted by molar-refractivity contribution is 7.14. The van der Waals surface area contributed by atoms with Crippen LogP contribution in [0.2, 0.25) is 0 Å². The second-order valence-corrected chi connectivity index (χ2v) is 8.67. The maximum Gasteiger partial charge on any atom is 0.247 e. The van der Waals surface area contributed by atoms with Gasteiger partial charge in [0.15, 0.2) is 5.13 Å². The van der Waals surface area contributed by atoms with E-state index in [0.29, 0.717) is 10.8 Å². The summed E-state index contributed by atoms with van der Waals surface area (Å²) in [6.45, 7) is 4.32. The SMILES string of the molecule is CC(=O)N(c1ccccc1)c1nc(/C=C/C(=O)N2CCc3sccc3C2C)cs1. The summed E-state index contributed by atoms with van der Waals surface area (Å²) >= 11 is 3.14. The van der Waals surface area contributed by atoms with Crippen LogP contribution in [0.15, 0.2) is 53.2 Å². The Balaban J connectivity index is 1.49. The van der Waals surface area contributed by atoms with E-state index >= 15 is 0 Å². The van der Waals surface area contributed by atoms with E-state index in [4.69, 9.17) is 0 Å². The van der Waals surface area contributed by atoms with E-state index in [2.05, 4.69) is 23.4 Å². The standard InChI is InChI=1S/C22H21N3O2S2/c1-15-19-11-13-28-20(19)10-12-24(15)21(27)9-8-17-14-29-22(23-17)25(16(2)26)18-6-4-3-5-7-18/h3-9,11,13-15H,10,12H2,1-2H3/b9-8+. The molecule has 0 bridgehead atoms. The summed E-state index contributed by atoms with van der Waals surface area (Å²) in [5, 5.41) is 4.54. The number of carbonyl (C=O) groups is 2. The number of hydrogen-bond donors (Lipinski definition) is 0. The minimum Gasteiger partial charge on any atom is -0.332 e. The fourth-order valence-corrected chi connectivity index (χ4v) is 5.34. The van der Waals surface area contributed by atoms with Crippen molar-refractivity contribution in [3.05, 3.63) is 69.4 Å². The van der Waals surface area contributed by atoms with Crippen LogP contribution in [0.25, 0.3) is 6.08 Å². The molecule has 3 heterocycles. The Labute approximate surface area is 177 Å². The van der Waals surface area contributed by atoms with Gasteiger partial charge in [0.1, 0.15) is 0 Å². The Morgan fingerprint density at radius 1 is 1.21 bits per heavy atom. The van der Waals surface area contributed by atoms with Gasteiger partial charge in [0, 0.05) is 29.8 Å². The topological polar surface area (TPSA) is 53.5 Å². The van der Waals surface area contributed by atoms with Gasteiger partial charge in [-0.15, -0.1) is 22.7 Å². The molecule has 1 aromatic carbocycles. The maximum atomic E-state index is 12.7. The average Bonchev–Trinajstić information content (AvgIpc) is 3.37. The van der Waals surface area contributed by atoms with Crippen molar-refractivity contribution in [1.82, 2.24) is 9.88 Å².